The molecule has 0 saturated carbocycles. The maximum atomic E-state index is 12.9. The van der Waals surface area contributed by atoms with Crippen LogP contribution in [-0.4, -0.2) is 20.0 Å². The molecule has 0 aliphatic heterocycles. The second-order valence-electron chi connectivity index (χ2n) is 7.53. The number of nitrogens with two attached hydrogens (primary N) is 1. The van der Waals surface area contributed by atoms with Gasteiger partial charge in [0.1, 0.15) is 12.4 Å². The molecular formula is C28H25NO4S. The molecule has 0 radical (unpaired) electrons. The van der Waals surface area contributed by atoms with Crippen LogP contribution in [-0.2, 0) is 6.61 Å². The van der Waals surface area contributed by atoms with Gasteiger partial charge in [-0.1, -0.05) is 18.2 Å². The van der Waals surface area contributed by atoms with Crippen LogP contribution in [0.2, 0.25) is 0 Å². The first-order valence-corrected chi connectivity index (χ1v) is 11.5. The minimum atomic E-state index is -0.146. The minimum absolute atomic E-state index is 0.146. The summed E-state index contributed by atoms with van der Waals surface area (Å²) < 4.78 is 16.8. The lowest BCUT2D eigenvalue weighted by molar-refractivity contribution is 0.104. The number of ketones is 1. The molecule has 0 atom stereocenters. The molecule has 4 aromatic rings. The molecule has 0 saturated heterocycles. The van der Waals surface area contributed by atoms with E-state index in [-0.39, 0.29) is 5.78 Å². The van der Waals surface area contributed by atoms with E-state index >= 15 is 0 Å². The van der Waals surface area contributed by atoms with Crippen LogP contribution in [0.25, 0.3) is 16.5 Å². The lowest BCUT2D eigenvalue weighted by atomic mass is 10.1. The molecule has 0 aliphatic rings. The summed E-state index contributed by atoms with van der Waals surface area (Å²) in [6.07, 6.45) is 3.32. The molecule has 172 valence electrons. The third kappa shape index (κ3) is 5.47. The van der Waals surface area contributed by atoms with Gasteiger partial charge in [0.25, 0.3) is 0 Å². The maximum Gasteiger partial charge on any atom is 0.185 e. The van der Waals surface area contributed by atoms with E-state index in [2.05, 4.69) is 6.07 Å². The van der Waals surface area contributed by atoms with E-state index in [1.807, 2.05) is 53.9 Å². The molecule has 4 rings (SSSR count). The Morgan fingerprint density at radius 1 is 0.912 bits per heavy atom. The summed E-state index contributed by atoms with van der Waals surface area (Å²) in [5.74, 6) is 1.61. The van der Waals surface area contributed by atoms with Crippen molar-refractivity contribution >= 4 is 28.9 Å². The van der Waals surface area contributed by atoms with E-state index in [0.29, 0.717) is 35.1 Å². The van der Waals surface area contributed by atoms with E-state index < -0.39 is 0 Å². The van der Waals surface area contributed by atoms with Gasteiger partial charge in [-0.05, 0) is 83.3 Å². The van der Waals surface area contributed by atoms with Crippen molar-refractivity contribution in [1.82, 2.24) is 0 Å². The van der Waals surface area contributed by atoms with Crippen molar-refractivity contribution < 1.29 is 19.0 Å². The number of thiophene rings is 1. The van der Waals surface area contributed by atoms with Crippen molar-refractivity contribution in [3.05, 3.63) is 101 Å². The Morgan fingerprint density at radius 3 is 2.38 bits per heavy atom. The number of carbonyl (C=O) groups excluding carboxylic acids is 1. The number of allylic oxidation sites excluding steroid dienone is 1. The standard InChI is InChI=1S/C28H25NO4S/c1-31-25-13-9-22(28-4-3-15-34-28)16-21(25)7-12-24(30)20-8-14-26(27(17-20)32-2)33-18-19-5-10-23(29)11-6-19/h3-17H,18,29H2,1-2H3. The summed E-state index contributed by atoms with van der Waals surface area (Å²) in [6.45, 7) is 0.365. The number of hydrogen-bond acceptors (Lipinski definition) is 6. The van der Waals surface area contributed by atoms with Gasteiger partial charge >= 0.3 is 0 Å². The number of benzene rings is 3. The summed E-state index contributed by atoms with van der Waals surface area (Å²) in [7, 11) is 3.17. The fraction of sp³-hybridized carbons (Fsp3) is 0.107. The maximum absolute atomic E-state index is 12.9. The van der Waals surface area contributed by atoms with E-state index in [4.69, 9.17) is 19.9 Å². The van der Waals surface area contributed by atoms with E-state index in [0.717, 1.165) is 21.6 Å². The van der Waals surface area contributed by atoms with Crippen molar-refractivity contribution in [3.63, 3.8) is 0 Å². The number of anilines is 1. The first-order chi connectivity index (χ1) is 16.6. The average molecular weight is 472 g/mol. The smallest absolute Gasteiger partial charge is 0.185 e. The number of hydrogen-bond donors (Lipinski definition) is 1. The Kier molecular flexibility index (Phi) is 7.30. The van der Waals surface area contributed by atoms with Gasteiger partial charge in [-0.25, -0.2) is 0 Å². The second kappa shape index (κ2) is 10.7. The molecule has 1 heterocycles. The van der Waals surface area contributed by atoms with Crippen molar-refractivity contribution in [2.75, 3.05) is 20.0 Å². The first kappa shape index (κ1) is 23.1. The molecule has 0 unspecified atom stereocenters. The van der Waals surface area contributed by atoms with Crippen molar-refractivity contribution in [1.29, 1.82) is 0 Å². The summed E-state index contributed by atoms with van der Waals surface area (Å²) in [5, 5.41) is 2.04. The zero-order valence-electron chi connectivity index (χ0n) is 19.0. The van der Waals surface area contributed by atoms with E-state index in [9.17, 15) is 4.79 Å². The fourth-order valence-corrected chi connectivity index (χ4v) is 4.16. The van der Waals surface area contributed by atoms with Crippen LogP contribution >= 0.6 is 11.3 Å². The largest absolute Gasteiger partial charge is 0.496 e. The Hall–Kier alpha value is -4.03. The van der Waals surface area contributed by atoms with Gasteiger partial charge in [-0.2, -0.15) is 0 Å². The predicted molar refractivity (Wildman–Crippen MR) is 138 cm³/mol. The summed E-state index contributed by atoms with van der Waals surface area (Å²) in [5.41, 5.74) is 9.82. The Balaban J connectivity index is 1.50. The Labute approximate surface area is 203 Å². The van der Waals surface area contributed by atoms with Gasteiger partial charge in [0.2, 0.25) is 0 Å². The van der Waals surface area contributed by atoms with Crippen LogP contribution in [0.5, 0.6) is 17.2 Å². The van der Waals surface area contributed by atoms with E-state index in [1.165, 1.54) is 0 Å². The highest BCUT2D eigenvalue weighted by Gasteiger charge is 2.11. The monoisotopic (exact) mass is 471 g/mol. The summed E-state index contributed by atoms with van der Waals surface area (Å²) in [4.78, 5) is 14.0. The molecule has 3 aromatic carbocycles. The highest BCUT2D eigenvalue weighted by molar-refractivity contribution is 7.13. The van der Waals surface area contributed by atoms with Gasteiger partial charge in [-0.15, -0.1) is 11.3 Å². The van der Waals surface area contributed by atoms with Crippen molar-refractivity contribution in [3.8, 4) is 27.7 Å². The molecule has 6 heteroatoms. The normalized spacial score (nSPS) is 10.9. The van der Waals surface area contributed by atoms with E-state index in [1.54, 1.807) is 55.9 Å². The van der Waals surface area contributed by atoms with Crippen molar-refractivity contribution in [2.45, 2.75) is 6.61 Å². The second-order valence-corrected chi connectivity index (χ2v) is 8.48. The quantitative estimate of drug-likeness (QED) is 0.172. The van der Waals surface area contributed by atoms with Crippen LogP contribution in [0.3, 0.4) is 0 Å². The molecule has 0 amide bonds. The molecule has 0 bridgehead atoms. The number of nitrogen functional groups attached to an aromatic ring is 1. The van der Waals surface area contributed by atoms with Gasteiger partial charge in [0, 0.05) is 21.7 Å². The molecule has 34 heavy (non-hydrogen) atoms. The minimum Gasteiger partial charge on any atom is -0.496 e. The molecular weight excluding hydrogens is 446 g/mol. The number of rotatable bonds is 9. The first-order valence-electron chi connectivity index (χ1n) is 10.7. The summed E-state index contributed by atoms with van der Waals surface area (Å²) in [6, 6.07) is 22.7. The number of carbonyl (C=O) groups is 1. The van der Waals surface area contributed by atoms with Crippen LogP contribution in [0.15, 0.2) is 84.3 Å². The molecule has 2 N–H and O–H groups in total. The molecule has 5 nitrogen and oxygen atoms in total. The van der Waals surface area contributed by atoms with Gasteiger partial charge < -0.3 is 19.9 Å². The summed E-state index contributed by atoms with van der Waals surface area (Å²) >= 11 is 1.66. The van der Waals surface area contributed by atoms with Crippen LogP contribution < -0.4 is 19.9 Å². The third-order valence-electron chi connectivity index (χ3n) is 5.27. The highest BCUT2D eigenvalue weighted by atomic mass is 32.1. The molecule has 0 fully saturated rings. The third-order valence-corrected chi connectivity index (χ3v) is 6.19. The van der Waals surface area contributed by atoms with Crippen LogP contribution in [0.1, 0.15) is 21.5 Å². The zero-order chi connectivity index (χ0) is 23.9. The zero-order valence-corrected chi connectivity index (χ0v) is 19.8. The van der Waals surface area contributed by atoms with Gasteiger partial charge in [0.05, 0.1) is 14.2 Å². The topological polar surface area (TPSA) is 70.8 Å². The lowest BCUT2D eigenvalue weighted by Gasteiger charge is -2.12. The SMILES string of the molecule is COc1ccc(-c2cccs2)cc1C=CC(=O)c1ccc(OCc2ccc(N)cc2)c(OC)c1. The van der Waals surface area contributed by atoms with Crippen molar-refractivity contribution in [2.24, 2.45) is 0 Å². The lowest BCUT2D eigenvalue weighted by Crippen LogP contribution is -2.00. The molecule has 0 aliphatic carbocycles. The number of ether oxygens (including phenoxy) is 3. The number of methoxy groups -OCH3 is 2. The Morgan fingerprint density at radius 2 is 1.68 bits per heavy atom. The average Bonchev–Trinajstić information content (AvgIpc) is 3.42. The van der Waals surface area contributed by atoms with Gasteiger partial charge in [0.15, 0.2) is 17.3 Å². The highest BCUT2D eigenvalue weighted by Crippen LogP contribution is 2.31. The molecule has 1 aromatic heterocycles. The fourth-order valence-electron chi connectivity index (χ4n) is 3.44. The van der Waals surface area contributed by atoms with Gasteiger partial charge in [-0.3, -0.25) is 4.79 Å². The predicted octanol–water partition coefficient (Wildman–Crippen LogP) is 6.49. The Bertz CT molecular complexity index is 1290. The van der Waals surface area contributed by atoms with Crippen LogP contribution in [0, 0.1) is 0 Å². The van der Waals surface area contributed by atoms with Crippen LogP contribution in [0.4, 0.5) is 5.69 Å². The molecule has 0 spiro atoms.